The Balaban J connectivity index is 2.49. The molecule has 0 fully saturated rings. The average Bonchev–Trinajstić information content (AvgIpc) is 2.28. The van der Waals surface area contributed by atoms with Crippen LogP contribution >= 0.6 is 0 Å². The van der Waals surface area contributed by atoms with Gasteiger partial charge in [-0.05, 0) is 13.8 Å². The highest BCUT2D eigenvalue weighted by Gasteiger charge is 2.33. The zero-order chi connectivity index (χ0) is 12.6. The van der Waals surface area contributed by atoms with Crippen molar-refractivity contribution in [3.63, 3.8) is 0 Å². The maximum absolute atomic E-state index is 11.8. The van der Waals surface area contributed by atoms with E-state index in [4.69, 9.17) is 9.47 Å². The molecule has 1 aliphatic heterocycles. The molecule has 0 radical (unpaired) electrons. The van der Waals surface area contributed by atoms with E-state index < -0.39 is 5.54 Å². The van der Waals surface area contributed by atoms with Gasteiger partial charge in [0.25, 0.3) is 0 Å². The van der Waals surface area contributed by atoms with Crippen LogP contribution in [0.2, 0.25) is 0 Å². The third kappa shape index (κ3) is 1.88. The summed E-state index contributed by atoms with van der Waals surface area (Å²) in [5, 5.41) is 6.00. The molecule has 5 heteroatoms. The van der Waals surface area contributed by atoms with Crippen LogP contribution in [0.3, 0.4) is 0 Å². The van der Waals surface area contributed by atoms with Gasteiger partial charge in [0.15, 0.2) is 11.5 Å². The molecular weight excluding hydrogens is 220 g/mol. The molecule has 92 valence electrons. The molecule has 0 aromatic heterocycles. The SMILES string of the molecule is COc1cc2c(cc1OC)NC(C)(C)C(=O)N2. The van der Waals surface area contributed by atoms with Crippen LogP contribution in [0.15, 0.2) is 12.1 Å². The summed E-state index contributed by atoms with van der Waals surface area (Å²) >= 11 is 0. The molecule has 2 rings (SSSR count). The molecule has 1 aliphatic rings. The van der Waals surface area contributed by atoms with Crippen LogP contribution in [0.4, 0.5) is 11.4 Å². The fourth-order valence-corrected chi connectivity index (χ4v) is 1.76. The Morgan fingerprint density at radius 1 is 1.06 bits per heavy atom. The van der Waals surface area contributed by atoms with Crippen LogP contribution in [0, 0.1) is 0 Å². The minimum Gasteiger partial charge on any atom is -0.493 e. The quantitative estimate of drug-likeness (QED) is 0.822. The number of carbonyl (C=O) groups is 1. The summed E-state index contributed by atoms with van der Waals surface area (Å²) in [7, 11) is 3.14. The predicted molar refractivity (Wildman–Crippen MR) is 65.9 cm³/mol. The minimum atomic E-state index is -0.632. The second kappa shape index (κ2) is 3.84. The molecule has 1 aromatic carbocycles. The number of anilines is 2. The molecule has 0 atom stereocenters. The Bertz CT molecular complexity index is 469. The maximum atomic E-state index is 11.8. The third-order valence-electron chi connectivity index (χ3n) is 2.79. The Morgan fingerprint density at radius 3 is 2.12 bits per heavy atom. The standard InChI is InChI=1S/C12H16N2O3/c1-12(2)11(15)13-7-5-9(16-3)10(17-4)6-8(7)14-12/h5-6,14H,1-4H3,(H,13,15). The number of ether oxygens (including phenoxy) is 2. The van der Waals surface area contributed by atoms with Gasteiger partial charge in [-0.3, -0.25) is 4.79 Å². The lowest BCUT2D eigenvalue weighted by atomic mass is 10.00. The summed E-state index contributed by atoms with van der Waals surface area (Å²) in [6.45, 7) is 3.64. The lowest BCUT2D eigenvalue weighted by Gasteiger charge is -2.33. The first-order valence-electron chi connectivity index (χ1n) is 5.33. The number of hydrogen-bond donors (Lipinski definition) is 2. The highest BCUT2D eigenvalue weighted by Crippen LogP contribution is 2.39. The topological polar surface area (TPSA) is 59.6 Å². The van der Waals surface area contributed by atoms with E-state index in [1.165, 1.54) is 0 Å². The Morgan fingerprint density at radius 2 is 1.59 bits per heavy atom. The first-order chi connectivity index (χ1) is 7.97. The number of benzene rings is 1. The first-order valence-corrected chi connectivity index (χ1v) is 5.33. The van der Waals surface area contributed by atoms with Crippen LogP contribution in [0.1, 0.15) is 13.8 Å². The normalized spacial score (nSPS) is 16.6. The molecular formula is C12H16N2O3. The van der Waals surface area contributed by atoms with Crippen molar-refractivity contribution in [2.75, 3.05) is 24.9 Å². The zero-order valence-corrected chi connectivity index (χ0v) is 10.4. The van der Waals surface area contributed by atoms with Crippen molar-refractivity contribution in [3.05, 3.63) is 12.1 Å². The molecule has 2 N–H and O–H groups in total. The molecule has 0 saturated carbocycles. The second-order valence-corrected chi connectivity index (χ2v) is 4.46. The van der Waals surface area contributed by atoms with Crippen molar-refractivity contribution < 1.29 is 14.3 Å². The maximum Gasteiger partial charge on any atom is 0.249 e. The molecule has 0 saturated heterocycles. The zero-order valence-electron chi connectivity index (χ0n) is 10.4. The molecule has 0 bridgehead atoms. The van der Waals surface area contributed by atoms with Gasteiger partial charge in [0.2, 0.25) is 5.91 Å². The summed E-state index contributed by atoms with van der Waals surface area (Å²) in [6, 6.07) is 3.56. The van der Waals surface area contributed by atoms with Gasteiger partial charge in [-0.15, -0.1) is 0 Å². The van der Waals surface area contributed by atoms with E-state index in [2.05, 4.69) is 10.6 Å². The van der Waals surface area contributed by atoms with E-state index in [9.17, 15) is 4.79 Å². The Hall–Kier alpha value is -1.91. The molecule has 1 amide bonds. The molecule has 5 nitrogen and oxygen atoms in total. The molecule has 0 unspecified atom stereocenters. The average molecular weight is 236 g/mol. The second-order valence-electron chi connectivity index (χ2n) is 4.46. The van der Waals surface area contributed by atoms with Crippen LogP contribution in [0.5, 0.6) is 11.5 Å². The van der Waals surface area contributed by atoms with Crippen LogP contribution in [-0.4, -0.2) is 25.7 Å². The van der Waals surface area contributed by atoms with Crippen LogP contribution < -0.4 is 20.1 Å². The van der Waals surface area contributed by atoms with Gasteiger partial charge < -0.3 is 20.1 Å². The fourth-order valence-electron chi connectivity index (χ4n) is 1.76. The van der Waals surface area contributed by atoms with E-state index in [0.29, 0.717) is 17.2 Å². The lowest BCUT2D eigenvalue weighted by Crippen LogP contribution is -2.47. The van der Waals surface area contributed by atoms with E-state index in [-0.39, 0.29) is 5.91 Å². The molecule has 0 aliphatic carbocycles. The molecule has 0 spiro atoms. The molecule has 17 heavy (non-hydrogen) atoms. The van der Waals surface area contributed by atoms with Crippen LogP contribution in [-0.2, 0) is 4.79 Å². The third-order valence-corrected chi connectivity index (χ3v) is 2.79. The largest absolute Gasteiger partial charge is 0.493 e. The number of methoxy groups -OCH3 is 2. The van der Waals surface area contributed by atoms with E-state index in [1.54, 1.807) is 20.3 Å². The van der Waals surface area contributed by atoms with Gasteiger partial charge in [0, 0.05) is 12.1 Å². The van der Waals surface area contributed by atoms with E-state index in [0.717, 1.165) is 5.69 Å². The van der Waals surface area contributed by atoms with Crippen molar-refractivity contribution in [2.24, 2.45) is 0 Å². The Kier molecular flexibility index (Phi) is 2.61. The number of rotatable bonds is 2. The highest BCUT2D eigenvalue weighted by atomic mass is 16.5. The van der Waals surface area contributed by atoms with Crippen molar-refractivity contribution in [2.45, 2.75) is 19.4 Å². The number of amides is 1. The van der Waals surface area contributed by atoms with E-state index >= 15 is 0 Å². The number of hydrogen-bond acceptors (Lipinski definition) is 4. The van der Waals surface area contributed by atoms with Crippen molar-refractivity contribution >= 4 is 17.3 Å². The smallest absolute Gasteiger partial charge is 0.249 e. The van der Waals surface area contributed by atoms with Gasteiger partial charge in [0.05, 0.1) is 25.6 Å². The monoisotopic (exact) mass is 236 g/mol. The summed E-state index contributed by atoms with van der Waals surface area (Å²) < 4.78 is 10.4. The van der Waals surface area contributed by atoms with Gasteiger partial charge in [-0.25, -0.2) is 0 Å². The summed E-state index contributed by atoms with van der Waals surface area (Å²) in [5.41, 5.74) is 0.895. The summed E-state index contributed by atoms with van der Waals surface area (Å²) in [5.74, 6) is 1.15. The van der Waals surface area contributed by atoms with E-state index in [1.807, 2.05) is 19.9 Å². The lowest BCUT2D eigenvalue weighted by molar-refractivity contribution is -0.119. The van der Waals surface area contributed by atoms with Crippen molar-refractivity contribution in [1.82, 2.24) is 0 Å². The summed E-state index contributed by atoms with van der Waals surface area (Å²) in [4.78, 5) is 11.8. The highest BCUT2D eigenvalue weighted by molar-refractivity contribution is 6.06. The van der Waals surface area contributed by atoms with Gasteiger partial charge in [0.1, 0.15) is 5.54 Å². The Labute approximate surface area is 100 Å². The number of nitrogens with one attached hydrogen (secondary N) is 2. The first kappa shape index (κ1) is 11.6. The van der Waals surface area contributed by atoms with Crippen molar-refractivity contribution in [3.8, 4) is 11.5 Å². The molecule has 1 heterocycles. The number of fused-ring (bicyclic) bond motifs is 1. The fraction of sp³-hybridized carbons (Fsp3) is 0.417. The number of carbonyl (C=O) groups excluding carboxylic acids is 1. The summed E-state index contributed by atoms with van der Waals surface area (Å²) in [6.07, 6.45) is 0. The van der Waals surface area contributed by atoms with Gasteiger partial charge in [-0.1, -0.05) is 0 Å². The minimum absolute atomic E-state index is 0.0720. The van der Waals surface area contributed by atoms with Gasteiger partial charge >= 0.3 is 0 Å². The van der Waals surface area contributed by atoms with Crippen molar-refractivity contribution in [1.29, 1.82) is 0 Å². The van der Waals surface area contributed by atoms with Gasteiger partial charge in [-0.2, -0.15) is 0 Å². The van der Waals surface area contributed by atoms with Crippen LogP contribution in [0.25, 0.3) is 0 Å². The molecule has 1 aromatic rings. The predicted octanol–water partition coefficient (Wildman–Crippen LogP) is 1.85.